The SMILES string of the molecule is COCc1ccccc1C(O)C1(CN)CCC1. The van der Waals surface area contributed by atoms with Crippen LogP contribution in [-0.4, -0.2) is 18.8 Å². The molecule has 0 radical (unpaired) electrons. The van der Waals surface area contributed by atoms with Crippen molar-refractivity contribution in [2.75, 3.05) is 13.7 Å². The lowest BCUT2D eigenvalue weighted by atomic mass is 9.63. The van der Waals surface area contributed by atoms with Crippen LogP contribution < -0.4 is 5.73 Å². The quantitative estimate of drug-likeness (QED) is 0.820. The Morgan fingerprint density at radius 2 is 2.12 bits per heavy atom. The number of hydrogen-bond donors (Lipinski definition) is 2. The molecule has 2 rings (SSSR count). The van der Waals surface area contributed by atoms with E-state index in [2.05, 4.69) is 0 Å². The molecule has 1 unspecified atom stereocenters. The van der Waals surface area contributed by atoms with Gasteiger partial charge in [-0.2, -0.15) is 0 Å². The maximum atomic E-state index is 10.6. The molecule has 0 saturated heterocycles. The number of nitrogens with two attached hydrogens (primary N) is 1. The third kappa shape index (κ3) is 2.23. The zero-order valence-corrected chi connectivity index (χ0v) is 10.4. The fourth-order valence-corrected chi connectivity index (χ4v) is 2.64. The molecule has 1 aromatic carbocycles. The van der Waals surface area contributed by atoms with E-state index in [1.165, 1.54) is 6.42 Å². The lowest BCUT2D eigenvalue weighted by molar-refractivity contribution is -0.0308. The summed E-state index contributed by atoms with van der Waals surface area (Å²) in [5.41, 5.74) is 7.76. The molecule has 1 saturated carbocycles. The van der Waals surface area contributed by atoms with E-state index in [0.717, 1.165) is 24.0 Å². The van der Waals surface area contributed by atoms with Gasteiger partial charge in [0, 0.05) is 19.1 Å². The highest BCUT2D eigenvalue weighted by molar-refractivity contribution is 5.30. The third-order valence-corrected chi connectivity index (χ3v) is 3.99. The fourth-order valence-electron chi connectivity index (χ4n) is 2.64. The van der Waals surface area contributed by atoms with Gasteiger partial charge in [-0.05, 0) is 24.0 Å². The van der Waals surface area contributed by atoms with Gasteiger partial charge in [-0.15, -0.1) is 0 Å². The van der Waals surface area contributed by atoms with Crippen LogP contribution in [0.15, 0.2) is 24.3 Å². The first-order chi connectivity index (χ1) is 8.23. The van der Waals surface area contributed by atoms with Crippen LogP contribution in [0, 0.1) is 5.41 Å². The van der Waals surface area contributed by atoms with Crippen LogP contribution in [0.3, 0.4) is 0 Å². The van der Waals surface area contributed by atoms with E-state index in [1.807, 2.05) is 24.3 Å². The van der Waals surface area contributed by atoms with Gasteiger partial charge in [0.1, 0.15) is 0 Å². The van der Waals surface area contributed by atoms with Crippen LogP contribution in [0.4, 0.5) is 0 Å². The zero-order chi connectivity index (χ0) is 12.3. The minimum Gasteiger partial charge on any atom is -0.388 e. The number of aliphatic hydroxyl groups excluding tert-OH is 1. The maximum absolute atomic E-state index is 10.6. The molecular weight excluding hydrogens is 214 g/mol. The Bertz CT molecular complexity index is 369. The summed E-state index contributed by atoms with van der Waals surface area (Å²) in [4.78, 5) is 0. The Balaban J connectivity index is 2.26. The van der Waals surface area contributed by atoms with Gasteiger partial charge in [-0.1, -0.05) is 30.7 Å². The predicted molar refractivity (Wildman–Crippen MR) is 67.5 cm³/mol. The van der Waals surface area contributed by atoms with E-state index in [-0.39, 0.29) is 5.41 Å². The molecule has 94 valence electrons. The van der Waals surface area contributed by atoms with E-state index < -0.39 is 6.10 Å². The van der Waals surface area contributed by atoms with Crippen molar-refractivity contribution in [2.24, 2.45) is 11.1 Å². The van der Waals surface area contributed by atoms with Crippen LogP contribution in [0.2, 0.25) is 0 Å². The second-order valence-electron chi connectivity index (χ2n) is 4.95. The molecule has 17 heavy (non-hydrogen) atoms. The molecule has 0 aliphatic heterocycles. The van der Waals surface area contributed by atoms with Crippen molar-refractivity contribution in [1.29, 1.82) is 0 Å². The van der Waals surface area contributed by atoms with Crippen LogP contribution in [-0.2, 0) is 11.3 Å². The molecule has 0 aromatic heterocycles. The second kappa shape index (κ2) is 5.17. The van der Waals surface area contributed by atoms with E-state index in [0.29, 0.717) is 13.2 Å². The lowest BCUT2D eigenvalue weighted by Gasteiger charge is -2.45. The predicted octanol–water partition coefficient (Wildman–Crippen LogP) is 2.00. The van der Waals surface area contributed by atoms with E-state index in [9.17, 15) is 5.11 Å². The van der Waals surface area contributed by atoms with Crippen molar-refractivity contribution in [2.45, 2.75) is 32.0 Å². The van der Waals surface area contributed by atoms with Gasteiger partial charge in [-0.3, -0.25) is 0 Å². The minimum atomic E-state index is -0.465. The summed E-state index contributed by atoms with van der Waals surface area (Å²) < 4.78 is 5.17. The van der Waals surface area contributed by atoms with Gasteiger partial charge < -0.3 is 15.6 Å². The lowest BCUT2D eigenvalue weighted by Crippen LogP contribution is -2.42. The van der Waals surface area contributed by atoms with Gasteiger partial charge >= 0.3 is 0 Å². The zero-order valence-electron chi connectivity index (χ0n) is 10.4. The van der Waals surface area contributed by atoms with Crippen molar-refractivity contribution in [3.8, 4) is 0 Å². The summed E-state index contributed by atoms with van der Waals surface area (Å²) in [7, 11) is 1.67. The van der Waals surface area contributed by atoms with Crippen LogP contribution in [0.25, 0.3) is 0 Å². The first-order valence-electron chi connectivity index (χ1n) is 6.18. The Morgan fingerprint density at radius 1 is 1.41 bits per heavy atom. The molecule has 1 aliphatic rings. The average Bonchev–Trinajstić information content (AvgIpc) is 2.29. The second-order valence-corrected chi connectivity index (χ2v) is 4.95. The van der Waals surface area contributed by atoms with Gasteiger partial charge in [0.05, 0.1) is 12.7 Å². The minimum absolute atomic E-state index is 0.107. The Morgan fingerprint density at radius 3 is 2.65 bits per heavy atom. The smallest absolute Gasteiger partial charge is 0.0861 e. The molecule has 1 aromatic rings. The third-order valence-electron chi connectivity index (χ3n) is 3.99. The molecule has 3 N–H and O–H groups in total. The van der Waals surface area contributed by atoms with Crippen molar-refractivity contribution in [3.63, 3.8) is 0 Å². The summed E-state index contributed by atoms with van der Waals surface area (Å²) >= 11 is 0. The van der Waals surface area contributed by atoms with Gasteiger partial charge in [0.2, 0.25) is 0 Å². The molecule has 3 heteroatoms. The van der Waals surface area contributed by atoms with Crippen molar-refractivity contribution in [1.82, 2.24) is 0 Å². The first-order valence-corrected chi connectivity index (χ1v) is 6.18. The molecule has 1 fully saturated rings. The van der Waals surface area contributed by atoms with Gasteiger partial charge in [0.15, 0.2) is 0 Å². The molecule has 1 atom stereocenters. The van der Waals surface area contributed by atoms with Crippen molar-refractivity contribution >= 4 is 0 Å². The van der Waals surface area contributed by atoms with Crippen molar-refractivity contribution < 1.29 is 9.84 Å². The first kappa shape index (κ1) is 12.6. The van der Waals surface area contributed by atoms with Crippen LogP contribution in [0.1, 0.15) is 36.5 Å². The molecule has 3 nitrogen and oxygen atoms in total. The summed E-state index contributed by atoms with van der Waals surface area (Å²) in [5.74, 6) is 0. The molecular formula is C14H21NO2. The van der Waals surface area contributed by atoms with E-state index in [4.69, 9.17) is 10.5 Å². The molecule has 0 amide bonds. The molecule has 0 spiro atoms. The monoisotopic (exact) mass is 235 g/mol. The molecule has 0 bridgehead atoms. The average molecular weight is 235 g/mol. The van der Waals surface area contributed by atoms with Gasteiger partial charge in [-0.25, -0.2) is 0 Å². The van der Waals surface area contributed by atoms with Crippen LogP contribution in [0.5, 0.6) is 0 Å². The standard InChI is InChI=1S/C14H21NO2/c1-17-9-11-5-2-3-6-12(11)13(16)14(10-15)7-4-8-14/h2-3,5-6,13,16H,4,7-10,15H2,1H3. The molecule has 1 aliphatic carbocycles. The maximum Gasteiger partial charge on any atom is 0.0861 e. The van der Waals surface area contributed by atoms with E-state index >= 15 is 0 Å². The Labute approximate surface area is 103 Å². The Hall–Kier alpha value is -0.900. The summed E-state index contributed by atoms with van der Waals surface area (Å²) in [5, 5.41) is 10.6. The fraction of sp³-hybridized carbons (Fsp3) is 0.571. The number of ether oxygens (including phenoxy) is 1. The topological polar surface area (TPSA) is 55.5 Å². The Kier molecular flexibility index (Phi) is 3.82. The van der Waals surface area contributed by atoms with E-state index in [1.54, 1.807) is 7.11 Å². The van der Waals surface area contributed by atoms with Crippen LogP contribution >= 0.6 is 0 Å². The normalized spacial score (nSPS) is 19.7. The number of benzene rings is 1. The summed E-state index contributed by atoms with van der Waals surface area (Å²) in [6, 6.07) is 7.92. The molecule has 0 heterocycles. The highest BCUT2D eigenvalue weighted by atomic mass is 16.5. The summed E-state index contributed by atoms with van der Waals surface area (Å²) in [6.07, 6.45) is 2.74. The number of hydrogen-bond acceptors (Lipinski definition) is 3. The number of rotatable bonds is 5. The van der Waals surface area contributed by atoms with Crippen molar-refractivity contribution in [3.05, 3.63) is 35.4 Å². The largest absolute Gasteiger partial charge is 0.388 e. The number of methoxy groups -OCH3 is 1. The van der Waals surface area contributed by atoms with Gasteiger partial charge in [0.25, 0.3) is 0 Å². The highest BCUT2D eigenvalue weighted by Crippen LogP contribution is 2.49. The summed E-state index contributed by atoms with van der Waals surface area (Å²) in [6.45, 7) is 1.09. The number of aliphatic hydroxyl groups is 1. The highest BCUT2D eigenvalue weighted by Gasteiger charge is 2.43.